The van der Waals surface area contributed by atoms with Crippen LogP contribution < -0.4 is 10.4 Å². The summed E-state index contributed by atoms with van der Waals surface area (Å²) in [4.78, 5) is 0. The molecule has 33 heavy (non-hydrogen) atoms. The summed E-state index contributed by atoms with van der Waals surface area (Å²) in [5, 5.41) is 13.1. The Labute approximate surface area is 203 Å². The first kappa shape index (κ1) is 27.8. The standard InChI is InChI=1S/C29H46O3Si/c1-24(2)14-13-15-25(3)20-21-31-22-26(30)23-32-33(29(4,5)6,27-16-9-7-10-17-27)28-18-11-8-12-19-28/h7-12,16-19,24-26,30H,13-15,20-23H2,1-6H3/t25-,26+/m1/s1. The summed E-state index contributed by atoms with van der Waals surface area (Å²) in [5.41, 5.74) is 0. The molecule has 1 N–H and O–H groups in total. The smallest absolute Gasteiger partial charge is 0.261 e. The molecule has 0 unspecified atom stereocenters. The van der Waals surface area contributed by atoms with Gasteiger partial charge in [-0.05, 0) is 33.7 Å². The third kappa shape index (κ3) is 8.36. The van der Waals surface area contributed by atoms with E-state index in [2.05, 4.69) is 90.1 Å². The Bertz CT molecular complexity index is 731. The minimum absolute atomic E-state index is 0.0955. The summed E-state index contributed by atoms with van der Waals surface area (Å²) in [6.45, 7) is 14.9. The van der Waals surface area contributed by atoms with Crippen LogP contribution in [0.1, 0.15) is 67.2 Å². The molecule has 2 rings (SSSR count). The second kappa shape index (κ2) is 13.4. The van der Waals surface area contributed by atoms with Gasteiger partial charge in [0.25, 0.3) is 8.32 Å². The maximum atomic E-state index is 10.7. The fourth-order valence-electron chi connectivity index (χ4n) is 4.55. The Morgan fingerprint density at radius 1 is 0.788 bits per heavy atom. The molecule has 0 heterocycles. The zero-order chi connectivity index (χ0) is 24.3. The van der Waals surface area contributed by atoms with Crippen molar-refractivity contribution in [1.29, 1.82) is 0 Å². The van der Waals surface area contributed by atoms with Crippen molar-refractivity contribution in [1.82, 2.24) is 0 Å². The van der Waals surface area contributed by atoms with Crippen molar-refractivity contribution in [2.45, 2.75) is 78.4 Å². The van der Waals surface area contributed by atoms with Crippen LogP contribution in [0, 0.1) is 11.8 Å². The largest absolute Gasteiger partial charge is 0.405 e. The predicted octanol–water partition coefficient (Wildman–Crippen LogP) is 5.79. The van der Waals surface area contributed by atoms with E-state index in [0.29, 0.717) is 19.1 Å². The van der Waals surface area contributed by atoms with E-state index in [4.69, 9.17) is 9.16 Å². The van der Waals surface area contributed by atoms with Gasteiger partial charge in [0.1, 0.15) is 0 Å². The third-order valence-electron chi connectivity index (χ3n) is 6.45. The van der Waals surface area contributed by atoms with Crippen molar-refractivity contribution in [2.24, 2.45) is 11.8 Å². The molecule has 0 saturated carbocycles. The van der Waals surface area contributed by atoms with Crippen LogP contribution in [0.25, 0.3) is 0 Å². The van der Waals surface area contributed by atoms with E-state index in [0.717, 1.165) is 12.3 Å². The SMILES string of the molecule is CC(C)CCC[C@@H](C)CCOC[C@H](O)CO[Si](c1ccccc1)(c1ccccc1)C(C)(C)C. The van der Waals surface area contributed by atoms with Gasteiger partial charge in [-0.15, -0.1) is 0 Å². The summed E-state index contributed by atoms with van der Waals surface area (Å²) < 4.78 is 12.6. The van der Waals surface area contributed by atoms with Crippen molar-refractivity contribution < 1.29 is 14.3 Å². The van der Waals surface area contributed by atoms with E-state index in [1.54, 1.807) is 0 Å². The lowest BCUT2D eigenvalue weighted by molar-refractivity contribution is 0.00647. The second-order valence-electron chi connectivity index (χ2n) is 10.9. The molecule has 0 radical (unpaired) electrons. The Morgan fingerprint density at radius 2 is 1.33 bits per heavy atom. The molecule has 2 aromatic rings. The lowest BCUT2D eigenvalue weighted by Gasteiger charge is -2.43. The average Bonchev–Trinajstić information content (AvgIpc) is 2.77. The zero-order valence-corrected chi connectivity index (χ0v) is 22.7. The van der Waals surface area contributed by atoms with Crippen LogP contribution >= 0.6 is 0 Å². The maximum absolute atomic E-state index is 10.7. The highest BCUT2D eigenvalue weighted by Crippen LogP contribution is 2.36. The maximum Gasteiger partial charge on any atom is 0.261 e. The summed E-state index contributed by atoms with van der Waals surface area (Å²) in [5.74, 6) is 1.44. The lowest BCUT2D eigenvalue weighted by Crippen LogP contribution is -2.67. The molecule has 3 nitrogen and oxygen atoms in total. The van der Waals surface area contributed by atoms with Crippen LogP contribution in [0.2, 0.25) is 5.04 Å². The number of aliphatic hydroxyl groups is 1. The van der Waals surface area contributed by atoms with Gasteiger partial charge in [-0.25, -0.2) is 0 Å². The van der Waals surface area contributed by atoms with E-state index in [9.17, 15) is 5.11 Å². The number of aliphatic hydroxyl groups excluding tert-OH is 1. The first-order valence-corrected chi connectivity index (χ1v) is 14.6. The molecule has 0 spiro atoms. The first-order valence-electron chi connectivity index (χ1n) is 12.7. The highest BCUT2D eigenvalue weighted by atomic mass is 28.4. The van der Waals surface area contributed by atoms with Crippen LogP contribution in [-0.4, -0.2) is 39.3 Å². The van der Waals surface area contributed by atoms with Crippen LogP contribution in [-0.2, 0) is 9.16 Å². The van der Waals surface area contributed by atoms with E-state index in [1.807, 2.05) is 12.1 Å². The molecule has 0 bridgehead atoms. The Balaban J connectivity index is 1.98. The molecule has 0 amide bonds. The van der Waals surface area contributed by atoms with E-state index < -0.39 is 14.4 Å². The first-order chi connectivity index (χ1) is 15.7. The monoisotopic (exact) mass is 470 g/mol. The van der Waals surface area contributed by atoms with Gasteiger partial charge >= 0.3 is 0 Å². The molecule has 0 saturated heterocycles. The third-order valence-corrected chi connectivity index (χ3v) is 11.5. The minimum atomic E-state index is -2.62. The van der Waals surface area contributed by atoms with E-state index >= 15 is 0 Å². The normalized spacial score (nSPS) is 14.4. The predicted molar refractivity (Wildman–Crippen MR) is 143 cm³/mol. The zero-order valence-electron chi connectivity index (χ0n) is 21.7. The molecule has 184 valence electrons. The number of hydrogen-bond acceptors (Lipinski definition) is 3. The van der Waals surface area contributed by atoms with Crippen molar-refractivity contribution in [2.75, 3.05) is 19.8 Å². The van der Waals surface area contributed by atoms with E-state index in [-0.39, 0.29) is 11.6 Å². The van der Waals surface area contributed by atoms with Crippen molar-refractivity contribution >= 4 is 18.7 Å². The van der Waals surface area contributed by atoms with Gasteiger partial charge in [0.15, 0.2) is 0 Å². The summed E-state index contributed by atoms with van der Waals surface area (Å²) in [6, 6.07) is 21.1. The lowest BCUT2D eigenvalue weighted by atomic mass is 9.98. The molecular formula is C29H46O3Si. The van der Waals surface area contributed by atoms with Crippen LogP contribution in [0.5, 0.6) is 0 Å². The van der Waals surface area contributed by atoms with Gasteiger partial charge in [0.2, 0.25) is 0 Å². The molecule has 0 aliphatic heterocycles. The average molecular weight is 471 g/mol. The molecule has 0 aliphatic rings. The summed E-state index contributed by atoms with van der Waals surface area (Å²) in [7, 11) is -2.62. The van der Waals surface area contributed by atoms with Gasteiger partial charge in [0.05, 0.1) is 19.3 Å². The topological polar surface area (TPSA) is 38.7 Å². The molecular weight excluding hydrogens is 424 g/mol. The summed E-state index contributed by atoms with van der Waals surface area (Å²) >= 11 is 0. The Hall–Kier alpha value is -1.46. The van der Waals surface area contributed by atoms with E-state index in [1.165, 1.54) is 29.6 Å². The highest BCUT2D eigenvalue weighted by molar-refractivity contribution is 6.99. The number of benzene rings is 2. The van der Waals surface area contributed by atoms with Gasteiger partial charge in [0, 0.05) is 6.61 Å². The van der Waals surface area contributed by atoms with Crippen LogP contribution in [0.15, 0.2) is 60.7 Å². The van der Waals surface area contributed by atoms with Gasteiger partial charge < -0.3 is 14.3 Å². The highest BCUT2D eigenvalue weighted by Gasteiger charge is 2.50. The summed E-state index contributed by atoms with van der Waals surface area (Å²) in [6.07, 6.45) is 4.24. The Morgan fingerprint density at radius 3 is 1.82 bits per heavy atom. The molecule has 0 aromatic heterocycles. The molecule has 0 aliphatic carbocycles. The minimum Gasteiger partial charge on any atom is -0.405 e. The molecule has 2 atom stereocenters. The molecule has 0 fully saturated rings. The number of hydrogen-bond donors (Lipinski definition) is 1. The van der Waals surface area contributed by atoms with Gasteiger partial charge in [-0.3, -0.25) is 0 Å². The molecule has 2 aromatic carbocycles. The van der Waals surface area contributed by atoms with Crippen LogP contribution in [0.4, 0.5) is 0 Å². The molecule has 4 heteroatoms. The number of rotatable bonds is 14. The van der Waals surface area contributed by atoms with Crippen molar-refractivity contribution in [3.63, 3.8) is 0 Å². The fourth-order valence-corrected chi connectivity index (χ4v) is 9.15. The number of ether oxygens (including phenoxy) is 1. The van der Waals surface area contributed by atoms with Gasteiger partial charge in [-0.1, -0.05) is 121 Å². The second-order valence-corrected chi connectivity index (χ2v) is 15.2. The van der Waals surface area contributed by atoms with Gasteiger partial charge in [-0.2, -0.15) is 0 Å². The van der Waals surface area contributed by atoms with Crippen molar-refractivity contribution in [3.05, 3.63) is 60.7 Å². The van der Waals surface area contributed by atoms with Crippen LogP contribution in [0.3, 0.4) is 0 Å². The fraction of sp³-hybridized carbons (Fsp3) is 0.586. The Kier molecular flexibility index (Phi) is 11.3. The van der Waals surface area contributed by atoms with Crippen molar-refractivity contribution in [3.8, 4) is 0 Å². The quantitative estimate of drug-likeness (QED) is 0.280.